The summed E-state index contributed by atoms with van der Waals surface area (Å²) in [6.45, 7) is 0.601. The monoisotopic (exact) mass is 107 g/mol. The van der Waals surface area contributed by atoms with E-state index in [0.717, 1.165) is 5.75 Å². The van der Waals surface area contributed by atoms with Crippen molar-refractivity contribution in [3.8, 4) is 0 Å². The van der Waals surface area contributed by atoms with Crippen molar-refractivity contribution in [2.45, 2.75) is 0 Å². The summed E-state index contributed by atoms with van der Waals surface area (Å²) in [6, 6.07) is 0. The molecule has 1 fully saturated rings. The van der Waals surface area contributed by atoms with Crippen molar-refractivity contribution in [2.24, 2.45) is 0 Å². The molecule has 0 saturated carbocycles. The largest absolute Gasteiger partial charge is 0.588 e. The van der Waals surface area contributed by atoms with Crippen LogP contribution >= 0.6 is 11.9 Å². The molecule has 1 unspecified atom stereocenters. The summed E-state index contributed by atoms with van der Waals surface area (Å²) in [6.07, 6.45) is 0. The zero-order valence-electron chi connectivity index (χ0n) is 3.14. The average molecular weight is 107 g/mol. The third-order valence-corrected chi connectivity index (χ3v) is 1.25. The number of nitrogens with one attached hydrogen (secondary N) is 1. The van der Waals surface area contributed by atoms with Crippen molar-refractivity contribution < 1.29 is 9.47 Å². The molecule has 0 bridgehead atoms. The van der Waals surface area contributed by atoms with E-state index in [0.29, 0.717) is 6.61 Å². The van der Waals surface area contributed by atoms with Crippen molar-refractivity contribution >= 4 is 11.9 Å². The maximum Gasteiger partial charge on any atom is 0.122 e. The van der Waals surface area contributed by atoms with Gasteiger partial charge in [0.25, 0.3) is 0 Å². The van der Waals surface area contributed by atoms with E-state index in [-0.39, 0.29) is 4.63 Å². The van der Waals surface area contributed by atoms with Crippen LogP contribution in [0.5, 0.6) is 0 Å². The molecule has 36 valence electrons. The minimum atomic E-state index is -0.130. The topological polar surface area (TPSA) is 36.7 Å². The third kappa shape index (κ3) is 0.844. The predicted octanol–water partition coefficient (Wildman–Crippen LogP) is -1.04. The Balaban J connectivity index is 2.18. The smallest absolute Gasteiger partial charge is 0.122 e. The third-order valence-electron chi connectivity index (χ3n) is 0.523. The van der Waals surface area contributed by atoms with E-state index >= 15 is 0 Å². The predicted molar refractivity (Wildman–Crippen MR) is 22.7 cm³/mol. The van der Waals surface area contributed by atoms with Crippen LogP contribution in [0.2, 0.25) is 0 Å². The minimum Gasteiger partial charge on any atom is -0.588 e. The van der Waals surface area contributed by atoms with Crippen LogP contribution in [-0.4, -0.2) is 12.4 Å². The number of hydrogen-bond acceptors (Lipinski definition) is 3. The lowest BCUT2D eigenvalue weighted by Gasteiger charge is -2.04. The highest BCUT2D eigenvalue weighted by Gasteiger charge is 2.08. The van der Waals surface area contributed by atoms with E-state index in [1.165, 1.54) is 11.9 Å². The van der Waals surface area contributed by atoms with Gasteiger partial charge in [-0.15, -0.1) is 0 Å². The highest BCUT2D eigenvalue weighted by molar-refractivity contribution is 7.93. The van der Waals surface area contributed by atoms with Gasteiger partial charge in [0.2, 0.25) is 0 Å². The van der Waals surface area contributed by atoms with Crippen molar-refractivity contribution in [3.63, 3.8) is 0 Å². The Morgan fingerprint density at radius 3 is 2.83 bits per heavy atom. The van der Waals surface area contributed by atoms with E-state index in [1.54, 1.807) is 0 Å². The molecule has 1 atom stereocenters. The van der Waals surface area contributed by atoms with Crippen LogP contribution in [0.1, 0.15) is 0 Å². The molecule has 1 aliphatic rings. The van der Waals surface area contributed by atoms with Gasteiger partial charge in [0.1, 0.15) is 18.6 Å². The quantitative estimate of drug-likeness (QED) is 0.317. The summed E-state index contributed by atoms with van der Waals surface area (Å²) in [5.41, 5.74) is 0. The summed E-state index contributed by atoms with van der Waals surface area (Å²) in [5, 5.41) is 9.98. The Morgan fingerprint density at radius 2 is 2.67 bits per heavy atom. The zero-order valence-corrected chi connectivity index (χ0v) is 3.96. The van der Waals surface area contributed by atoms with E-state index < -0.39 is 0 Å². The molecular weight excluding hydrogens is 102 g/mol. The van der Waals surface area contributed by atoms with Gasteiger partial charge in [-0.2, -0.15) is 9.47 Å². The summed E-state index contributed by atoms with van der Waals surface area (Å²) in [7, 11) is 0. The molecule has 6 heavy (non-hydrogen) atoms. The number of quaternary nitrogens is 1. The second-order valence-corrected chi connectivity index (χ2v) is 1.98. The molecule has 0 amide bonds. The van der Waals surface area contributed by atoms with Crippen molar-refractivity contribution in [2.75, 3.05) is 12.4 Å². The maximum absolute atomic E-state index is 9.98. The lowest BCUT2D eigenvalue weighted by atomic mass is 10.9. The highest BCUT2D eigenvalue weighted by Crippen LogP contribution is 1.90. The van der Waals surface area contributed by atoms with Crippen molar-refractivity contribution in [1.29, 1.82) is 0 Å². The lowest BCUT2D eigenvalue weighted by molar-refractivity contribution is -0.925. The van der Waals surface area contributed by atoms with Gasteiger partial charge in [-0.1, -0.05) is 0 Å². The van der Waals surface area contributed by atoms with E-state index in [4.69, 9.17) is 0 Å². The fraction of sp³-hybridized carbons (Fsp3) is 1.00. The van der Waals surface area contributed by atoms with Crippen molar-refractivity contribution in [3.05, 3.63) is 5.21 Å². The second kappa shape index (κ2) is 1.79. The summed E-state index contributed by atoms with van der Waals surface area (Å²) >= 11 is 1.24. The normalized spacial score (nSPS) is 34.5. The molecule has 1 N–H and O–H groups in total. The van der Waals surface area contributed by atoms with Crippen LogP contribution in [-0.2, 0) is 4.84 Å². The first-order valence-electron chi connectivity index (χ1n) is 1.69. The maximum atomic E-state index is 9.98. The van der Waals surface area contributed by atoms with Gasteiger partial charge in [0.05, 0.1) is 5.75 Å². The Kier molecular flexibility index (Phi) is 1.31. The van der Waals surface area contributed by atoms with Gasteiger partial charge < -0.3 is 5.21 Å². The van der Waals surface area contributed by atoms with Crippen LogP contribution in [0, 0.1) is 5.21 Å². The molecule has 0 aromatic rings. The fourth-order valence-corrected chi connectivity index (χ4v) is 0.792. The van der Waals surface area contributed by atoms with Gasteiger partial charge in [0, 0.05) is 0 Å². The summed E-state index contributed by atoms with van der Waals surface area (Å²) < 4.78 is -0.130. The van der Waals surface area contributed by atoms with E-state index in [1.807, 2.05) is 0 Å². The minimum absolute atomic E-state index is 0.130. The fourth-order valence-electron chi connectivity index (χ4n) is 0.292. The van der Waals surface area contributed by atoms with Crippen LogP contribution in [0.25, 0.3) is 0 Å². The first-order chi connectivity index (χ1) is 2.89. The Labute approximate surface area is 39.9 Å². The molecular formula is C2H5NO2S. The van der Waals surface area contributed by atoms with Gasteiger partial charge in [0.15, 0.2) is 0 Å². The number of hydrogen-bond donors (Lipinski definition) is 1. The molecule has 1 saturated heterocycles. The molecule has 1 heterocycles. The van der Waals surface area contributed by atoms with Crippen LogP contribution < -0.4 is 4.63 Å². The van der Waals surface area contributed by atoms with E-state index in [9.17, 15) is 5.21 Å². The zero-order chi connectivity index (χ0) is 4.41. The Morgan fingerprint density at radius 1 is 1.83 bits per heavy atom. The molecule has 0 aromatic carbocycles. The summed E-state index contributed by atoms with van der Waals surface area (Å²) in [4.78, 5) is 4.48. The molecule has 0 spiro atoms. The molecule has 0 aliphatic carbocycles. The standard InChI is InChI=1S/C2H5NO2S/c4-3-5-1-2-6-3/h3H,1-2H2. The molecule has 0 aromatic heterocycles. The Hall–Kier alpha value is 0.230. The van der Waals surface area contributed by atoms with Crippen LogP contribution in [0.15, 0.2) is 0 Å². The van der Waals surface area contributed by atoms with Crippen LogP contribution in [0.4, 0.5) is 0 Å². The first-order valence-corrected chi connectivity index (χ1v) is 2.68. The Bertz CT molecular complexity index is 44.8. The van der Waals surface area contributed by atoms with Crippen molar-refractivity contribution in [1.82, 2.24) is 0 Å². The van der Waals surface area contributed by atoms with Gasteiger partial charge in [-0.25, -0.2) is 0 Å². The SMILES string of the molecule is [O-][NH+]1OCCS1. The lowest BCUT2D eigenvalue weighted by Crippen LogP contribution is -2.96. The number of rotatable bonds is 0. The van der Waals surface area contributed by atoms with Gasteiger partial charge >= 0.3 is 0 Å². The highest BCUT2D eigenvalue weighted by atomic mass is 32.2. The van der Waals surface area contributed by atoms with Crippen LogP contribution in [0.3, 0.4) is 0 Å². The van der Waals surface area contributed by atoms with Gasteiger partial charge in [-0.05, 0) is 0 Å². The summed E-state index contributed by atoms with van der Waals surface area (Å²) in [5.74, 6) is 0.832. The van der Waals surface area contributed by atoms with E-state index in [2.05, 4.69) is 4.84 Å². The van der Waals surface area contributed by atoms with Gasteiger partial charge in [-0.3, -0.25) is 0 Å². The first kappa shape index (κ1) is 4.39. The molecule has 0 radical (unpaired) electrons. The molecule has 3 nitrogen and oxygen atoms in total. The average Bonchev–Trinajstić information content (AvgIpc) is 1.86. The molecule has 1 rings (SSSR count). The second-order valence-electron chi connectivity index (χ2n) is 0.947. The molecule has 1 aliphatic heterocycles. The molecule has 4 heteroatoms.